The minimum atomic E-state index is -0.470. The highest BCUT2D eigenvalue weighted by atomic mass is 19.1. The highest BCUT2D eigenvalue weighted by molar-refractivity contribution is 5.83. The first-order valence-electron chi connectivity index (χ1n) is 11.7. The zero-order valence-corrected chi connectivity index (χ0v) is 21.3. The van der Waals surface area contributed by atoms with Gasteiger partial charge in [0, 0.05) is 32.0 Å². The molecule has 0 radical (unpaired) electrons. The fourth-order valence-electron chi connectivity index (χ4n) is 4.41. The number of hydrogen-bond acceptors (Lipinski definition) is 5. The normalized spacial score (nSPS) is 17.7. The smallest absolute Gasteiger partial charge is 0.225 e. The van der Waals surface area contributed by atoms with Crippen LogP contribution in [-0.2, 0) is 16.1 Å². The zero-order chi connectivity index (χ0) is 25.8. The van der Waals surface area contributed by atoms with Crippen LogP contribution in [0.4, 0.5) is 4.39 Å². The fourth-order valence-corrected chi connectivity index (χ4v) is 4.41. The van der Waals surface area contributed by atoms with Gasteiger partial charge < -0.3 is 24.4 Å². The first-order chi connectivity index (χ1) is 16.6. The number of nitrogens with one attached hydrogen (secondary N) is 1. The lowest BCUT2D eigenvalue weighted by atomic mass is 9.87. The molecule has 1 heterocycles. The third-order valence-electron chi connectivity index (χ3n) is 6.19. The minimum absolute atomic E-state index is 0.0174. The second kappa shape index (κ2) is 11.0. The van der Waals surface area contributed by atoms with Crippen LogP contribution in [0.15, 0.2) is 36.4 Å². The third-order valence-corrected chi connectivity index (χ3v) is 6.19. The van der Waals surface area contributed by atoms with Gasteiger partial charge in [0.15, 0.2) is 11.5 Å². The standard InChI is InChI=1S/C27H35FN2O5/c1-27(2,3)13-24(31)30-15-20(18-11-22(33-4)25(35-6)23(12-18)34-5)21(16-30)26(32)29-14-17-7-9-19(28)10-8-17/h7-12,20-21H,13-16H2,1-6H3,(H,29,32). The Bertz CT molecular complexity index is 1020. The quantitative estimate of drug-likeness (QED) is 0.607. The number of benzene rings is 2. The summed E-state index contributed by atoms with van der Waals surface area (Å²) in [6.45, 7) is 7.04. The Morgan fingerprint density at radius 1 is 1.00 bits per heavy atom. The molecule has 1 saturated heterocycles. The first-order valence-corrected chi connectivity index (χ1v) is 11.7. The molecule has 1 aliphatic heterocycles. The van der Waals surface area contributed by atoms with Gasteiger partial charge in [-0.1, -0.05) is 32.9 Å². The van der Waals surface area contributed by atoms with Crippen LogP contribution in [0.2, 0.25) is 0 Å². The molecule has 0 aromatic heterocycles. The lowest BCUT2D eigenvalue weighted by Gasteiger charge is -2.23. The molecule has 1 aliphatic rings. The molecule has 35 heavy (non-hydrogen) atoms. The molecule has 3 rings (SSSR count). The van der Waals surface area contributed by atoms with Crippen molar-refractivity contribution in [2.75, 3.05) is 34.4 Å². The number of halogens is 1. The van der Waals surface area contributed by atoms with Crippen molar-refractivity contribution in [2.45, 2.75) is 39.7 Å². The Hall–Kier alpha value is -3.29. The predicted octanol–water partition coefficient (Wildman–Crippen LogP) is 4.15. The van der Waals surface area contributed by atoms with E-state index < -0.39 is 5.92 Å². The Balaban J connectivity index is 1.90. The summed E-state index contributed by atoms with van der Waals surface area (Å²) in [5, 5.41) is 2.96. The summed E-state index contributed by atoms with van der Waals surface area (Å²) in [4.78, 5) is 28.2. The lowest BCUT2D eigenvalue weighted by molar-refractivity contribution is -0.132. The van der Waals surface area contributed by atoms with Crippen LogP contribution in [0.25, 0.3) is 0 Å². The SMILES string of the molecule is COc1cc(C2CN(C(=O)CC(C)(C)C)CC2C(=O)NCc2ccc(F)cc2)cc(OC)c1OC. The second-order valence-corrected chi connectivity index (χ2v) is 10.1. The molecule has 7 nitrogen and oxygen atoms in total. The van der Waals surface area contributed by atoms with E-state index in [9.17, 15) is 14.0 Å². The Kier molecular flexibility index (Phi) is 8.25. The van der Waals surface area contributed by atoms with E-state index in [-0.39, 0.29) is 35.5 Å². The van der Waals surface area contributed by atoms with Gasteiger partial charge in [-0.25, -0.2) is 4.39 Å². The van der Waals surface area contributed by atoms with Crippen molar-refractivity contribution in [3.05, 3.63) is 53.3 Å². The highest BCUT2D eigenvalue weighted by Gasteiger charge is 2.41. The van der Waals surface area contributed by atoms with Gasteiger partial charge in [-0.15, -0.1) is 0 Å². The number of methoxy groups -OCH3 is 3. The van der Waals surface area contributed by atoms with Crippen LogP contribution < -0.4 is 19.5 Å². The van der Waals surface area contributed by atoms with Crippen LogP contribution in [0.5, 0.6) is 17.2 Å². The predicted molar refractivity (Wildman–Crippen MR) is 131 cm³/mol. The maximum atomic E-state index is 13.3. The topological polar surface area (TPSA) is 77.1 Å². The fraction of sp³-hybridized carbons (Fsp3) is 0.481. The number of nitrogens with zero attached hydrogens (tertiary/aromatic N) is 1. The summed E-state index contributed by atoms with van der Waals surface area (Å²) in [5.74, 6) is 0.241. The summed E-state index contributed by atoms with van der Waals surface area (Å²) in [7, 11) is 4.62. The summed E-state index contributed by atoms with van der Waals surface area (Å²) in [6, 6.07) is 9.68. The molecular formula is C27H35FN2O5. The van der Waals surface area contributed by atoms with Crippen LogP contribution in [-0.4, -0.2) is 51.1 Å². The maximum Gasteiger partial charge on any atom is 0.225 e. The summed E-state index contributed by atoms with van der Waals surface area (Å²) < 4.78 is 29.7. The molecule has 8 heteroatoms. The number of amides is 2. The molecule has 0 spiro atoms. The molecule has 1 N–H and O–H groups in total. The van der Waals surface area contributed by atoms with Crippen molar-refractivity contribution in [1.29, 1.82) is 0 Å². The number of carbonyl (C=O) groups excluding carboxylic acids is 2. The van der Waals surface area contributed by atoms with Gasteiger partial charge in [-0.05, 0) is 40.8 Å². The first kappa shape index (κ1) is 26.3. The van der Waals surface area contributed by atoms with Gasteiger partial charge in [-0.3, -0.25) is 9.59 Å². The maximum absolute atomic E-state index is 13.3. The van der Waals surface area contributed by atoms with Crippen molar-refractivity contribution in [3.8, 4) is 17.2 Å². The molecule has 2 aromatic rings. The summed E-state index contributed by atoms with van der Waals surface area (Å²) in [5.41, 5.74) is 1.46. The number of likely N-dealkylation sites (tertiary alicyclic amines) is 1. The average molecular weight is 487 g/mol. The summed E-state index contributed by atoms with van der Waals surface area (Å²) >= 11 is 0. The molecule has 1 fully saturated rings. The number of ether oxygens (including phenoxy) is 3. The number of carbonyl (C=O) groups is 2. The van der Waals surface area contributed by atoms with E-state index >= 15 is 0 Å². The van der Waals surface area contributed by atoms with E-state index in [1.54, 1.807) is 31.3 Å². The van der Waals surface area contributed by atoms with Crippen molar-refractivity contribution < 1.29 is 28.2 Å². The van der Waals surface area contributed by atoms with Gasteiger partial charge >= 0.3 is 0 Å². The van der Waals surface area contributed by atoms with E-state index in [0.717, 1.165) is 11.1 Å². The molecule has 2 amide bonds. The molecule has 0 saturated carbocycles. The number of rotatable bonds is 8. The average Bonchev–Trinajstić information content (AvgIpc) is 3.27. The van der Waals surface area contributed by atoms with Crippen molar-refractivity contribution in [2.24, 2.45) is 11.3 Å². The molecular weight excluding hydrogens is 451 g/mol. The second-order valence-electron chi connectivity index (χ2n) is 10.1. The van der Waals surface area contributed by atoms with Gasteiger partial charge in [0.1, 0.15) is 5.82 Å². The van der Waals surface area contributed by atoms with E-state index in [4.69, 9.17) is 14.2 Å². The van der Waals surface area contributed by atoms with Crippen molar-refractivity contribution in [3.63, 3.8) is 0 Å². The van der Waals surface area contributed by atoms with Crippen LogP contribution >= 0.6 is 0 Å². The molecule has 0 bridgehead atoms. The largest absolute Gasteiger partial charge is 0.493 e. The van der Waals surface area contributed by atoms with Crippen LogP contribution in [0.1, 0.15) is 44.2 Å². The number of hydrogen-bond donors (Lipinski definition) is 1. The van der Waals surface area contributed by atoms with Gasteiger partial charge in [-0.2, -0.15) is 0 Å². The van der Waals surface area contributed by atoms with E-state index in [1.807, 2.05) is 32.9 Å². The Morgan fingerprint density at radius 3 is 2.11 bits per heavy atom. The lowest BCUT2D eigenvalue weighted by Crippen LogP contribution is -2.36. The molecule has 190 valence electrons. The van der Waals surface area contributed by atoms with E-state index in [1.165, 1.54) is 19.2 Å². The summed E-state index contributed by atoms with van der Waals surface area (Å²) in [6.07, 6.45) is 0.388. The van der Waals surface area contributed by atoms with Gasteiger partial charge in [0.2, 0.25) is 17.6 Å². The van der Waals surface area contributed by atoms with E-state index in [2.05, 4.69) is 5.32 Å². The Morgan fingerprint density at radius 2 is 1.60 bits per heavy atom. The van der Waals surface area contributed by atoms with Gasteiger partial charge in [0.25, 0.3) is 0 Å². The third kappa shape index (κ3) is 6.44. The van der Waals surface area contributed by atoms with Crippen molar-refractivity contribution in [1.82, 2.24) is 10.2 Å². The molecule has 2 atom stereocenters. The van der Waals surface area contributed by atoms with Crippen LogP contribution in [0.3, 0.4) is 0 Å². The van der Waals surface area contributed by atoms with Crippen LogP contribution in [0, 0.1) is 17.2 Å². The molecule has 0 aliphatic carbocycles. The monoisotopic (exact) mass is 486 g/mol. The Labute approximate surface area is 206 Å². The van der Waals surface area contributed by atoms with Crippen molar-refractivity contribution >= 4 is 11.8 Å². The molecule has 2 unspecified atom stereocenters. The minimum Gasteiger partial charge on any atom is -0.493 e. The molecule has 2 aromatic carbocycles. The van der Waals surface area contributed by atoms with E-state index in [0.29, 0.717) is 36.8 Å². The zero-order valence-electron chi connectivity index (χ0n) is 21.3. The van der Waals surface area contributed by atoms with Gasteiger partial charge in [0.05, 0.1) is 27.2 Å². The highest BCUT2D eigenvalue weighted by Crippen LogP contribution is 2.43.